The SMILES string of the molecule is CCOCC(NC(=O)CSCC(=O)O)C(C)C. The Morgan fingerprint density at radius 3 is 2.47 bits per heavy atom. The average Bonchev–Trinajstić information content (AvgIpc) is 2.23. The first-order valence-electron chi connectivity index (χ1n) is 5.64. The van der Waals surface area contributed by atoms with Crippen LogP contribution in [-0.4, -0.2) is 47.7 Å². The molecule has 0 heterocycles. The van der Waals surface area contributed by atoms with E-state index in [0.29, 0.717) is 13.2 Å². The van der Waals surface area contributed by atoms with Crippen LogP contribution in [-0.2, 0) is 14.3 Å². The van der Waals surface area contributed by atoms with E-state index >= 15 is 0 Å². The topological polar surface area (TPSA) is 75.6 Å². The highest BCUT2D eigenvalue weighted by Gasteiger charge is 2.16. The van der Waals surface area contributed by atoms with Crippen molar-refractivity contribution in [1.82, 2.24) is 5.32 Å². The predicted molar refractivity (Wildman–Crippen MR) is 68.2 cm³/mol. The fourth-order valence-electron chi connectivity index (χ4n) is 1.13. The number of nitrogens with one attached hydrogen (secondary N) is 1. The molecule has 0 aliphatic rings. The van der Waals surface area contributed by atoms with Gasteiger partial charge in [-0.15, -0.1) is 11.8 Å². The third kappa shape index (κ3) is 9.00. The Kier molecular flexibility index (Phi) is 8.89. The molecule has 5 nitrogen and oxygen atoms in total. The van der Waals surface area contributed by atoms with Crippen LogP contribution in [0.2, 0.25) is 0 Å². The van der Waals surface area contributed by atoms with Crippen molar-refractivity contribution in [1.29, 1.82) is 0 Å². The molecule has 0 bridgehead atoms. The molecule has 0 aliphatic heterocycles. The number of carbonyl (C=O) groups is 2. The Morgan fingerprint density at radius 1 is 1.35 bits per heavy atom. The Bertz CT molecular complexity index is 246. The zero-order chi connectivity index (χ0) is 13.3. The van der Waals surface area contributed by atoms with Gasteiger partial charge in [-0.2, -0.15) is 0 Å². The molecular weight excluding hydrogens is 242 g/mol. The van der Waals surface area contributed by atoms with Crippen LogP contribution < -0.4 is 5.32 Å². The van der Waals surface area contributed by atoms with Crippen LogP contribution in [0.25, 0.3) is 0 Å². The number of hydrogen-bond donors (Lipinski definition) is 2. The molecule has 0 aromatic heterocycles. The molecule has 1 atom stereocenters. The number of aliphatic carboxylic acids is 1. The van der Waals surface area contributed by atoms with Gasteiger partial charge in [-0.05, 0) is 12.8 Å². The van der Waals surface area contributed by atoms with E-state index in [0.717, 1.165) is 11.8 Å². The van der Waals surface area contributed by atoms with Gasteiger partial charge in [0.1, 0.15) is 0 Å². The smallest absolute Gasteiger partial charge is 0.313 e. The van der Waals surface area contributed by atoms with Gasteiger partial charge in [0.15, 0.2) is 0 Å². The van der Waals surface area contributed by atoms with Gasteiger partial charge in [-0.3, -0.25) is 9.59 Å². The molecule has 0 spiro atoms. The summed E-state index contributed by atoms with van der Waals surface area (Å²) >= 11 is 1.09. The zero-order valence-electron chi connectivity index (χ0n) is 10.6. The third-order valence-electron chi connectivity index (χ3n) is 2.11. The maximum absolute atomic E-state index is 11.5. The van der Waals surface area contributed by atoms with Gasteiger partial charge in [-0.1, -0.05) is 13.8 Å². The quantitative estimate of drug-likeness (QED) is 0.648. The second-order valence-corrected chi connectivity index (χ2v) is 4.95. The maximum atomic E-state index is 11.5. The fourth-order valence-corrected chi connectivity index (χ4v) is 1.67. The number of hydrogen-bond acceptors (Lipinski definition) is 4. The lowest BCUT2D eigenvalue weighted by atomic mass is 10.1. The minimum Gasteiger partial charge on any atom is -0.481 e. The molecule has 0 aromatic rings. The second kappa shape index (κ2) is 9.30. The van der Waals surface area contributed by atoms with E-state index in [1.165, 1.54) is 0 Å². The summed E-state index contributed by atoms with van der Waals surface area (Å²) in [6.45, 7) is 7.03. The lowest BCUT2D eigenvalue weighted by Gasteiger charge is -2.21. The molecule has 2 N–H and O–H groups in total. The average molecular weight is 263 g/mol. The standard InChI is InChI=1S/C11H21NO4S/c1-4-16-5-9(8(2)3)12-10(13)6-17-7-11(14)15/h8-9H,4-7H2,1-3H3,(H,12,13)(H,14,15). The van der Waals surface area contributed by atoms with Gasteiger partial charge < -0.3 is 15.2 Å². The molecule has 0 aliphatic carbocycles. The minimum atomic E-state index is -0.905. The van der Waals surface area contributed by atoms with Crippen molar-refractivity contribution in [2.75, 3.05) is 24.7 Å². The summed E-state index contributed by atoms with van der Waals surface area (Å²) in [6, 6.07) is -0.0205. The minimum absolute atomic E-state index is 0.0205. The van der Waals surface area contributed by atoms with E-state index in [4.69, 9.17) is 9.84 Å². The van der Waals surface area contributed by atoms with Crippen molar-refractivity contribution in [3.8, 4) is 0 Å². The molecular formula is C11H21NO4S. The van der Waals surface area contributed by atoms with E-state index in [1.54, 1.807) is 0 Å². The molecule has 0 rings (SSSR count). The molecule has 0 saturated heterocycles. The Hall–Kier alpha value is -0.750. The van der Waals surface area contributed by atoms with Crippen LogP contribution in [0.5, 0.6) is 0 Å². The summed E-state index contributed by atoms with van der Waals surface area (Å²) in [5.41, 5.74) is 0. The first kappa shape index (κ1) is 16.2. The first-order valence-corrected chi connectivity index (χ1v) is 6.79. The fraction of sp³-hybridized carbons (Fsp3) is 0.818. The summed E-state index contributed by atoms with van der Waals surface area (Å²) in [5.74, 6) is -0.644. The molecule has 0 aromatic carbocycles. The van der Waals surface area contributed by atoms with E-state index in [2.05, 4.69) is 5.32 Å². The molecule has 6 heteroatoms. The Balaban J connectivity index is 3.90. The summed E-state index contributed by atoms with van der Waals surface area (Å²) in [6.07, 6.45) is 0. The second-order valence-electron chi connectivity index (χ2n) is 3.96. The highest BCUT2D eigenvalue weighted by atomic mass is 32.2. The normalized spacial score (nSPS) is 12.5. The molecule has 100 valence electrons. The number of carbonyl (C=O) groups excluding carboxylic acids is 1. The molecule has 0 radical (unpaired) electrons. The first-order chi connectivity index (χ1) is 7.97. The molecule has 1 amide bonds. The number of carboxylic acid groups (broad SMARTS) is 1. The van der Waals surface area contributed by atoms with Crippen LogP contribution in [0.4, 0.5) is 0 Å². The van der Waals surface area contributed by atoms with Crippen LogP contribution in [0.15, 0.2) is 0 Å². The molecule has 17 heavy (non-hydrogen) atoms. The van der Waals surface area contributed by atoms with Crippen LogP contribution in [0.1, 0.15) is 20.8 Å². The van der Waals surface area contributed by atoms with Crippen molar-refractivity contribution in [2.45, 2.75) is 26.8 Å². The van der Waals surface area contributed by atoms with Gasteiger partial charge in [0.2, 0.25) is 5.91 Å². The lowest BCUT2D eigenvalue weighted by Crippen LogP contribution is -2.42. The summed E-state index contributed by atoms with van der Waals surface area (Å²) < 4.78 is 5.28. The van der Waals surface area contributed by atoms with Gasteiger partial charge in [-0.25, -0.2) is 0 Å². The predicted octanol–water partition coefficient (Wildman–Crippen LogP) is 0.981. The van der Waals surface area contributed by atoms with Gasteiger partial charge in [0.25, 0.3) is 0 Å². The Labute approximate surface area is 106 Å². The van der Waals surface area contributed by atoms with Crippen molar-refractivity contribution in [2.24, 2.45) is 5.92 Å². The summed E-state index contributed by atoms with van der Waals surface area (Å²) in [4.78, 5) is 21.8. The van der Waals surface area contributed by atoms with E-state index in [-0.39, 0.29) is 29.4 Å². The largest absolute Gasteiger partial charge is 0.481 e. The zero-order valence-corrected chi connectivity index (χ0v) is 11.4. The number of thioether (sulfide) groups is 1. The third-order valence-corrected chi connectivity index (χ3v) is 3.03. The van der Waals surface area contributed by atoms with Crippen LogP contribution >= 0.6 is 11.8 Å². The highest BCUT2D eigenvalue weighted by Crippen LogP contribution is 2.04. The van der Waals surface area contributed by atoms with E-state index < -0.39 is 5.97 Å². The molecule has 0 saturated carbocycles. The van der Waals surface area contributed by atoms with Crippen molar-refractivity contribution in [3.63, 3.8) is 0 Å². The highest BCUT2D eigenvalue weighted by molar-refractivity contribution is 8.00. The van der Waals surface area contributed by atoms with Crippen molar-refractivity contribution >= 4 is 23.6 Å². The lowest BCUT2D eigenvalue weighted by molar-refractivity contribution is -0.133. The van der Waals surface area contributed by atoms with Crippen molar-refractivity contribution in [3.05, 3.63) is 0 Å². The van der Waals surface area contributed by atoms with E-state index in [9.17, 15) is 9.59 Å². The number of carboxylic acids is 1. The van der Waals surface area contributed by atoms with Crippen molar-refractivity contribution < 1.29 is 19.4 Å². The monoisotopic (exact) mass is 263 g/mol. The van der Waals surface area contributed by atoms with Gasteiger partial charge in [0.05, 0.1) is 24.2 Å². The number of amides is 1. The van der Waals surface area contributed by atoms with E-state index in [1.807, 2.05) is 20.8 Å². The number of rotatable bonds is 9. The summed E-state index contributed by atoms with van der Waals surface area (Å²) in [7, 11) is 0. The van der Waals surface area contributed by atoms with Crippen LogP contribution in [0.3, 0.4) is 0 Å². The Morgan fingerprint density at radius 2 is 2.00 bits per heavy atom. The maximum Gasteiger partial charge on any atom is 0.313 e. The van der Waals surface area contributed by atoms with Gasteiger partial charge >= 0.3 is 5.97 Å². The molecule has 1 unspecified atom stereocenters. The molecule has 0 fully saturated rings. The van der Waals surface area contributed by atoms with Gasteiger partial charge in [0, 0.05) is 6.61 Å². The van der Waals surface area contributed by atoms with Crippen LogP contribution in [0, 0.1) is 5.92 Å². The number of ether oxygens (including phenoxy) is 1. The summed E-state index contributed by atoms with van der Waals surface area (Å²) in [5, 5.41) is 11.3.